The van der Waals surface area contributed by atoms with Crippen LogP contribution in [0.5, 0.6) is 0 Å². The van der Waals surface area contributed by atoms with Crippen LogP contribution < -0.4 is 10.6 Å². The van der Waals surface area contributed by atoms with E-state index in [1.165, 1.54) is 0 Å². The number of hydrogen-bond donors (Lipinski definition) is 1. The molecule has 2 aromatic rings. The summed E-state index contributed by atoms with van der Waals surface area (Å²) < 4.78 is 0.931. The van der Waals surface area contributed by atoms with E-state index in [4.69, 9.17) is 17.3 Å². The van der Waals surface area contributed by atoms with Gasteiger partial charge < -0.3 is 10.6 Å². The predicted molar refractivity (Wildman–Crippen MR) is 88.1 cm³/mol. The first-order valence-corrected chi connectivity index (χ1v) is 7.53. The molecule has 1 aromatic heterocycles. The molecule has 106 valence electrons. The van der Waals surface area contributed by atoms with Crippen molar-refractivity contribution in [1.29, 1.82) is 0 Å². The van der Waals surface area contributed by atoms with Gasteiger partial charge in [-0.05, 0) is 40.5 Å². The molecule has 1 aromatic carbocycles. The zero-order valence-corrected chi connectivity index (χ0v) is 13.8. The summed E-state index contributed by atoms with van der Waals surface area (Å²) in [6.45, 7) is 2.55. The monoisotopic (exact) mass is 353 g/mol. The van der Waals surface area contributed by atoms with Gasteiger partial charge >= 0.3 is 0 Å². The summed E-state index contributed by atoms with van der Waals surface area (Å²) in [5.41, 5.74) is 7.89. The molecule has 2 rings (SSSR count). The Morgan fingerprint density at radius 2 is 2.10 bits per heavy atom. The third kappa shape index (κ3) is 3.14. The van der Waals surface area contributed by atoms with Crippen molar-refractivity contribution in [1.82, 2.24) is 4.98 Å². The summed E-state index contributed by atoms with van der Waals surface area (Å²) in [7, 11) is 2.00. The maximum atomic E-state index is 6.27. The van der Waals surface area contributed by atoms with E-state index in [0.29, 0.717) is 6.54 Å². The van der Waals surface area contributed by atoms with Crippen molar-refractivity contribution < 1.29 is 0 Å². The van der Waals surface area contributed by atoms with Crippen LogP contribution in [-0.2, 0) is 6.54 Å². The fourth-order valence-corrected chi connectivity index (χ4v) is 2.82. The molecular weight excluding hydrogens is 338 g/mol. The van der Waals surface area contributed by atoms with Crippen LogP contribution in [0.3, 0.4) is 0 Å². The van der Waals surface area contributed by atoms with Crippen molar-refractivity contribution >= 4 is 33.3 Å². The highest BCUT2D eigenvalue weighted by Crippen LogP contribution is 2.31. The Morgan fingerprint density at radius 3 is 2.75 bits per heavy atom. The lowest BCUT2D eigenvalue weighted by Crippen LogP contribution is -2.24. The van der Waals surface area contributed by atoms with E-state index in [2.05, 4.69) is 32.7 Å². The molecule has 0 aliphatic carbocycles. The molecule has 0 spiro atoms. The highest BCUT2D eigenvalue weighted by molar-refractivity contribution is 9.10. The van der Waals surface area contributed by atoms with Crippen LogP contribution in [0, 0.1) is 0 Å². The van der Waals surface area contributed by atoms with E-state index in [1.54, 1.807) is 6.20 Å². The van der Waals surface area contributed by atoms with Crippen LogP contribution in [0.2, 0.25) is 5.02 Å². The first kappa shape index (κ1) is 15.3. The molecule has 0 bridgehead atoms. The normalized spacial score (nSPS) is 12.2. The van der Waals surface area contributed by atoms with Gasteiger partial charge in [0.2, 0.25) is 0 Å². The molecule has 1 heterocycles. The van der Waals surface area contributed by atoms with Gasteiger partial charge in [0.25, 0.3) is 0 Å². The lowest BCUT2D eigenvalue weighted by atomic mass is 10.1. The largest absolute Gasteiger partial charge is 0.353 e. The lowest BCUT2D eigenvalue weighted by molar-refractivity contribution is 0.722. The molecule has 3 nitrogen and oxygen atoms in total. The minimum Gasteiger partial charge on any atom is -0.353 e. The molecule has 20 heavy (non-hydrogen) atoms. The van der Waals surface area contributed by atoms with Gasteiger partial charge in [0, 0.05) is 34.8 Å². The number of nitrogens with zero attached hydrogens (tertiary/aromatic N) is 2. The Labute approximate surface area is 132 Å². The second-order valence-electron chi connectivity index (χ2n) is 4.65. The maximum Gasteiger partial charge on any atom is 0.133 e. The summed E-state index contributed by atoms with van der Waals surface area (Å²) in [4.78, 5) is 6.57. The van der Waals surface area contributed by atoms with Gasteiger partial charge in [-0.3, -0.25) is 0 Å². The number of benzene rings is 1. The maximum absolute atomic E-state index is 6.27. The molecule has 0 fully saturated rings. The zero-order valence-electron chi connectivity index (χ0n) is 11.5. The van der Waals surface area contributed by atoms with Gasteiger partial charge in [-0.2, -0.15) is 0 Å². The van der Waals surface area contributed by atoms with Crippen molar-refractivity contribution in [3.8, 4) is 0 Å². The first-order chi connectivity index (χ1) is 9.54. The highest BCUT2D eigenvalue weighted by Gasteiger charge is 2.18. The SMILES string of the molecule is CC(c1ccccc1Cl)N(C)c1ncc(Br)cc1CN. The molecule has 0 aliphatic heterocycles. The van der Waals surface area contributed by atoms with E-state index < -0.39 is 0 Å². The number of aromatic nitrogens is 1. The van der Waals surface area contributed by atoms with E-state index in [9.17, 15) is 0 Å². The molecule has 0 saturated carbocycles. The van der Waals surface area contributed by atoms with Gasteiger partial charge in [0.1, 0.15) is 5.82 Å². The van der Waals surface area contributed by atoms with Crippen molar-refractivity contribution in [2.24, 2.45) is 5.73 Å². The summed E-state index contributed by atoms with van der Waals surface area (Å²) in [6, 6.07) is 9.97. The summed E-state index contributed by atoms with van der Waals surface area (Å²) in [5.74, 6) is 0.878. The molecule has 1 atom stereocenters. The van der Waals surface area contributed by atoms with Gasteiger partial charge in [0.15, 0.2) is 0 Å². The standard InChI is InChI=1S/C15H17BrClN3/c1-10(13-5-3-4-6-14(13)17)20(2)15-11(8-18)7-12(16)9-19-15/h3-7,9-10H,8,18H2,1-2H3. The lowest BCUT2D eigenvalue weighted by Gasteiger charge is -2.28. The molecule has 2 N–H and O–H groups in total. The van der Waals surface area contributed by atoms with E-state index in [-0.39, 0.29) is 6.04 Å². The Kier molecular flexibility index (Phi) is 5.02. The topological polar surface area (TPSA) is 42.2 Å². The van der Waals surface area contributed by atoms with Crippen LogP contribution in [0.15, 0.2) is 41.0 Å². The molecule has 0 amide bonds. The van der Waals surface area contributed by atoms with Crippen LogP contribution >= 0.6 is 27.5 Å². The zero-order chi connectivity index (χ0) is 14.7. The molecule has 0 saturated heterocycles. The fourth-order valence-electron chi connectivity index (χ4n) is 2.15. The molecular formula is C15H17BrClN3. The van der Waals surface area contributed by atoms with Crippen LogP contribution in [-0.4, -0.2) is 12.0 Å². The number of halogens is 2. The first-order valence-electron chi connectivity index (χ1n) is 6.36. The van der Waals surface area contributed by atoms with Gasteiger partial charge in [-0.1, -0.05) is 29.8 Å². The van der Waals surface area contributed by atoms with Gasteiger partial charge in [-0.25, -0.2) is 4.98 Å². The average molecular weight is 355 g/mol. The van der Waals surface area contributed by atoms with E-state index in [1.807, 2.05) is 37.4 Å². The van der Waals surface area contributed by atoms with Crippen molar-refractivity contribution in [2.75, 3.05) is 11.9 Å². The third-order valence-electron chi connectivity index (χ3n) is 3.40. The third-order valence-corrected chi connectivity index (χ3v) is 4.18. The number of hydrogen-bond acceptors (Lipinski definition) is 3. The smallest absolute Gasteiger partial charge is 0.133 e. The quantitative estimate of drug-likeness (QED) is 0.896. The Hall–Kier alpha value is -1.10. The molecule has 0 radical (unpaired) electrons. The Bertz CT molecular complexity index is 603. The summed E-state index contributed by atoms with van der Waals surface area (Å²) in [6.07, 6.45) is 1.78. The Balaban J connectivity index is 2.36. The second-order valence-corrected chi connectivity index (χ2v) is 5.97. The summed E-state index contributed by atoms with van der Waals surface area (Å²) in [5, 5.41) is 0.762. The number of rotatable bonds is 4. The van der Waals surface area contributed by atoms with Crippen LogP contribution in [0.25, 0.3) is 0 Å². The number of nitrogens with two attached hydrogens (primary N) is 1. The van der Waals surface area contributed by atoms with Crippen molar-refractivity contribution in [3.63, 3.8) is 0 Å². The minimum atomic E-state index is 0.114. The predicted octanol–water partition coefficient (Wildman–Crippen LogP) is 4.15. The average Bonchev–Trinajstić information content (AvgIpc) is 2.46. The Morgan fingerprint density at radius 1 is 1.40 bits per heavy atom. The highest BCUT2D eigenvalue weighted by atomic mass is 79.9. The minimum absolute atomic E-state index is 0.114. The van der Waals surface area contributed by atoms with E-state index >= 15 is 0 Å². The molecule has 5 heteroatoms. The second kappa shape index (κ2) is 6.57. The number of anilines is 1. The van der Waals surface area contributed by atoms with Crippen LogP contribution in [0.4, 0.5) is 5.82 Å². The molecule has 1 unspecified atom stereocenters. The van der Waals surface area contributed by atoms with Crippen molar-refractivity contribution in [2.45, 2.75) is 19.5 Å². The van der Waals surface area contributed by atoms with Crippen molar-refractivity contribution in [3.05, 3.63) is 57.2 Å². The summed E-state index contributed by atoms with van der Waals surface area (Å²) >= 11 is 9.69. The van der Waals surface area contributed by atoms with E-state index in [0.717, 1.165) is 26.4 Å². The fraction of sp³-hybridized carbons (Fsp3) is 0.267. The molecule has 0 aliphatic rings. The number of pyridine rings is 1. The van der Waals surface area contributed by atoms with Gasteiger partial charge in [0.05, 0.1) is 6.04 Å². The van der Waals surface area contributed by atoms with Crippen LogP contribution in [0.1, 0.15) is 24.1 Å². The van der Waals surface area contributed by atoms with Gasteiger partial charge in [-0.15, -0.1) is 0 Å².